The minimum absolute atomic E-state index is 0.226. The predicted octanol–water partition coefficient (Wildman–Crippen LogP) is 5.52. The summed E-state index contributed by atoms with van der Waals surface area (Å²) in [5.74, 6) is 0.808. The van der Waals surface area contributed by atoms with E-state index in [9.17, 15) is 4.79 Å². The number of benzene rings is 3. The van der Waals surface area contributed by atoms with E-state index in [4.69, 9.17) is 0 Å². The molecule has 0 radical (unpaired) electrons. The van der Waals surface area contributed by atoms with E-state index in [0.717, 1.165) is 69.0 Å². The normalized spacial score (nSPS) is 20.9. The zero-order valence-corrected chi connectivity index (χ0v) is 21.0. The smallest absolute Gasteiger partial charge is 0.254 e. The summed E-state index contributed by atoms with van der Waals surface area (Å²) in [4.78, 5) is 17.7. The molecule has 0 saturated carbocycles. The van der Waals surface area contributed by atoms with Crippen molar-refractivity contribution >= 4 is 17.3 Å². The van der Waals surface area contributed by atoms with Crippen LogP contribution < -0.4 is 10.6 Å². The van der Waals surface area contributed by atoms with E-state index in [-0.39, 0.29) is 5.91 Å². The summed E-state index contributed by atoms with van der Waals surface area (Å²) >= 11 is 0. The number of piperidine rings is 2. The van der Waals surface area contributed by atoms with Gasteiger partial charge in [0.25, 0.3) is 5.91 Å². The number of para-hydroxylation sites is 1. The molecule has 2 fully saturated rings. The quantitative estimate of drug-likeness (QED) is 0.488. The summed E-state index contributed by atoms with van der Waals surface area (Å²) < 4.78 is 0. The molecule has 3 aromatic rings. The van der Waals surface area contributed by atoms with E-state index in [1.54, 1.807) is 0 Å². The summed E-state index contributed by atoms with van der Waals surface area (Å²) in [5, 5.41) is 6.96. The fraction of sp³-hybridized carbons (Fsp3) is 0.387. The molecule has 0 aromatic heterocycles. The number of carbonyl (C=O) groups is 1. The Morgan fingerprint density at radius 1 is 0.889 bits per heavy atom. The highest BCUT2D eigenvalue weighted by Gasteiger charge is 2.34. The third-order valence-electron chi connectivity index (χ3n) is 8.13. The van der Waals surface area contributed by atoms with Gasteiger partial charge >= 0.3 is 0 Å². The first-order chi connectivity index (χ1) is 17.7. The number of hydrogen-bond donors (Lipinski definition) is 2. The minimum Gasteiger partial charge on any atom is -0.356 e. The maximum Gasteiger partial charge on any atom is 0.254 e. The lowest BCUT2D eigenvalue weighted by Gasteiger charge is -2.32. The van der Waals surface area contributed by atoms with Gasteiger partial charge in [0.1, 0.15) is 0 Å². The van der Waals surface area contributed by atoms with Gasteiger partial charge in [-0.2, -0.15) is 0 Å². The molecule has 3 aliphatic rings. The van der Waals surface area contributed by atoms with Crippen molar-refractivity contribution in [2.75, 3.05) is 31.5 Å². The molecule has 36 heavy (non-hydrogen) atoms. The van der Waals surface area contributed by atoms with Crippen molar-refractivity contribution < 1.29 is 4.79 Å². The van der Waals surface area contributed by atoms with Gasteiger partial charge in [-0.15, -0.1) is 0 Å². The second kappa shape index (κ2) is 10.5. The van der Waals surface area contributed by atoms with E-state index in [1.807, 2.05) is 6.07 Å². The maximum atomic E-state index is 13.0. The van der Waals surface area contributed by atoms with Gasteiger partial charge in [0.2, 0.25) is 0 Å². The summed E-state index contributed by atoms with van der Waals surface area (Å²) in [6.45, 7) is 5.98. The van der Waals surface area contributed by atoms with Gasteiger partial charge in [0.15, 0.2) is 0 Å². The first-order valence-electron chi connectivity index (χ1n) is 13.5. The minimum atomic E-state index is 0.226. The van der Waals surface area contributed by atoms with E-state index in [0.29, 0.717) is 12.0 Å². The molecule has 0 bridgehead atoms. The predicted molar refractivity (Wildman–Crippen MR) is 146 cm³/mol. The van der Waals surface area contributed by atoms with Crippen LogP contribution in [0.25, 0.3) is 0 Å². The van der Waals surface area contributed by atoms with Gasteiger partial charge in [0.05, 0.1) is 0 Å². The Morgan fingerprint density at radius 3 is 2.53 bits per heavy atom. The fourth-order valence-corrected chi connectivity index (χ4v) is 6.13. The van der Waals surface area contributed by atoms with E-state index >= 15 is 0 Å². The van der Waals surface area contributed by atoms with Crippen molar-refractivity contribution in [1.82, 2.24) is 15.1 Å². The lowest BCUT2D eigenvalue weighted by atomic mass is 9.87. The summed E-state index contributed by atoms with van der Waals surface area (Å²) in [5.41, 5.74) is 7.17. The number of likely N-dealkylation sites (tertiary alicyclic amines) is 1. The number of nitrogens with one attached hydrogen (secondary N) is 2. The van der Waals surface area contributed by atoms with Crippen LogP contribution in [-0.2, 0) is 13.1 Å². The van der Waals surface area contributed by atoms with Gasteiger partial charge in [-0.25, -0.2) is 0 Å². The average Bonchev–Trinajstić information content (AvgIpc) is 3.26. The molecular weight excluding hydrogens is 444 g/mol. The Labute approximate surface area is 214 Å². The van der Waals surface area contributed by atoms with E-state index in [2.05, 4.69) is 87.2 Å². The van der Waals surface area contributed by atoms with Crippen LogP contribution in [0.15, 0.2) is 72.8 Å². The molecule has 2 saturated heterocycles. The molecule has 6 rings (SSSR count). The molecule has 2 N–H and O–H groups in total. The molecule has 1 amide bonds. The van der Waals surface area contributed by atoms with Crippen molar-refractivity contribution in [3.05, 3.63) is 95.1 Å². The van der Waals surface area contributed by atoms with Crippen molar-refractivity contribution in [2.45, 2.75) is 50.7 Å². The van der Waals surface area contributed by atoms with Gasteiger partial charge < -0.3 is 15.5 Å². The van der Waals surface area contributed by atoms with Crippen molar-refractivity contribution in [3.63, 3.8) is 0 Å². The Bertz CT molecular complexity index is 1200. The highest BCUT2D eigenvalue weighted by atomic mass is 16.2. The molecule has 5 heteroatoms. The molecule has 186 valence electrons. The summed E-state index contributed by atoms with van der Waals surface area (Å²) in [7, 11) is 0. The second-order valence-electron chi connectivity index (χ2n) is 10.6. The number of hydrogen-bond acceptors (Lipinski definition) is 4. The van der Waals surface area contributed by atoms with Crippen LogP contribution in [0, 0.1) is 0 Å². The number of amides is 1. The first kappa shape index (κ1) is 23.3. The van der Waals surface area contributed by atoms with Crippen LogP contribution in [0.2, 0.25) is 0 Å². The Hall–Kier alpha value is -3.15. The lowest BCUT2D eigenvalue weighted by molar-refractivity contribution is 0.0674. The number of rotatable bonds is 6. The van der Waals surface area contributed by atoms with Crippen LogP contribution in [-0.4, -0.2) is 47.9 Å². The van der Waals surface area contributed by atoms with Gasteiger partial charge in [-0.1, -0.05) is 42.5 Å². The van der Waals surface area contributed by atoms with Crippen molar-refractivity contribution in [1.29, 1.82) is 0 Å². The summed E-state index contributed by atoms with van der Waals surface area (Å²) in [6.07, 6.45) is 4.61. The van der Waals surface area contributed by atoms with Crippen LogP contribution >= 0.6 is 0 Å². The molecule has 1 unspecified atom stereocenters. The molecule has 3 heterocycles. The molecular formula is C31H36N4O. The maximum absolute atomic E-state index is 13.0. The molecule has 0 aliphatic carbocycles. The van der Waals surface area contributed by atoms with Crippen molar-refractivity contribution in [2.24, 2.45) is 0 Å². The van der Waals surface area contributed by atoms with Crippen LogP contribution in [0.4, 0.5) is 11.4 Å². The molecule has 3 aromatic carbocycles. The third kappa shape index (κ3) is 5.04. The standard InChI is InChI=1S/C31H36N4O/c36-31-30-12-11-25(19-26(30)22-35(31)29-10-5-15-32-20-29)24-13-16-34(17-14-24)21-23-6-4-9-28(18-23)33-27-7-2-1-3-8-27/h1-4,6-9,11-12,18-19,24,29,32-33H,5,10,13-17,20-22H2. The van der Waals surface area contributed by atoms with Crippen LogP contribution in [0.3, 0.4) is 0 Å². The number of carbonyl (C=O) groups excluding carboxylic acids is 1. The number of anilines is 2. The number of fused-ring (bicyclic) bond motifs is 1. The van der Waals surface area contributed by atoms with Crippen LogP contribution in [0.5, 0.6) is 0 Å². The van der Waals surface area contributed by atoms with Gasteiger partial charge in [0, 0.05) is 42.6 Å². The average molecular weight is 481 g/mol. The molecule has 3 aliphatic heterocycles. The Kier molecular flexibility index (Phi) is 6.75. The van der Waals surface area contributed by atoms with Gasteiger partial charge in [-0.3, -0.25) is 9.69 Å². The number of nitrogens with zero attached hydrogens (tertiary/aromatic N) is 2. The molecule has 1 atom stereocenters. The Balaban J connectivity index is 1.05. The topological polar surface area (TPSA) is 47.6 Å². The third-order valence-corrected chi connectivity index (χ3v) is 8.13. The van der Waals surface area contributed by atoms with Gasteiger partial charge in [-0.05, 0) is 98.3 Å². The monoisotopic (exact) mass is 480 g/mol. The zero-order valence-electron chi connectivity index (χ0n) is 21.0. The van der Waals surface area contributed by atoms with Crippen molar-refractivity contribution in [3.8, 4) is 0 Å². The van der Waals surface area contributed by atoms with E-state index in [1.165, 1.54) is 29.5 Å². The Morgan fingerprint density at radius 2 is 1.72 bits per heavy atom. The first-order valence-corrected chi connectivity index (χ1v) is 13.5. The van der Waals surface area contributed by atoms with Crippen LogP contribution in [0.1, 0.15) is 58.6 Å². The zero-order chi connectivity index (χ0) is 24.3. The highest BCUT2D eigenvalue weighted by molar-refractivity contribution is 5.98. The lowest BCUT2D eigenvalue weighted by Crippen LogP contribution is -2.46. The highest BCUT2D eigenvalue weighted by Crippen LogP contribution is 2.34. The fourth-order valence-electron chi connectivity index (χ4n) is 6.13. The largest absolute Gasteiger partial charge is 0.356 e. The van der Waals surface area contributed by atoms with E-state index < -0.39 is 0 Å². The molecule has 0 spiro atoms. The second-order valence-corrected chi connectivity index (χ2v) is 10.6. The SMILES string of the molecule is O=C1c2ccc(C3CCN(Cc4cccc(Nc5ccccc5)c4)CC3)cc2CN1C1CCCNC1. The summed E-state index contributed by atoms with van der Waals surface area (Å²) in [6, 6.07) is 26.1. The molecule has 5 nitrogen and oxygen atoms in total.